The molecule has 0 bridgehead atoms. The number of aromatic nitrogens is 4. The molecular formula is C25H23ClFN5O3. The average molecular weight is 496 g/mol. The number of hydrogen-bond donors (Lipinski definition) is 0. The van der Waals surface area contributed by atoms with E-state index in [0.29, 0.717) is 46.9 Å². The summed E-state index contributed by atoms with van der Waals surface area (Å²) >= 11 is 6.48. The summed E-state index contributed by atoms with van der Waals surface area (Å²) in [7, 11) is 0. The zero-order valence-electron chi connectivity index (χ0n) is 19.7. The highest BCUT2D eigenvalue weighted by Crippen LogP contribution is 2.45. The Balaban J connectivity index is 1.62. The molecule has 4 aromatic rings. The first-order valence-corrected chi connectivity index (χ1v) is 11.4. The molecule has 1 aliphatic heterocycles. The fourth-order valence-electron chi connectivity index (χ4n) is 4.12. The van der Waals surface area contributed by atoms with Gasteiger partial charge in [-0.25, -0.2) is 24.1 Å². The van der Waals surface area contributed by atoms with Gasteiger partial charge in [-0.15, -0.1) is 0 Å². The molecule has 0 saturated heterocycles. The van der Waals surface area contributed by atoms with Crippen LogP contribution in [0.1, 0.15) is 26.5 Å². The maximum Gasteiger partial charge on any atom is 0.416 e. The number of fused-ring (bicyclic) bond motifs is 3. The highest BCUT2D eigenvalue weighted by molar-refractivity contribution is 6.35. The van der Waals surface area contributed by atoms with Crippen molar-refractivity contribution in [2.45, 2.75) is 39.8 Å². The van der Waals surface area contributed by atoms with E-state index in [1.54, 1.807) is 39.0 Å². The normalized spacial score (nSPS) is 13.3. The molecule has 0 radical (unpaired) electrons. The Bertz CT molecular complexity index is 1460. The Morgan fingerprint density at radius 2 is 1.94 bits per heavy atom. The number of amides is 1. The van der Waals surface area contributed by atoms with Crippen molar-refractivity contribution < 1.29 is 18.7 Å². The number of benzene rings is 1. The van der Waals surface area contributed by atoms with E-state index in [1.165, 1.54) is 23.4 Å². The van der Waals surface area contributed by atoms with Crippen molar-refractivity contribution in [3.63, 3.8) is 0 Å². The van der Waals surface area contributed by atoms with Gasteiger partial charge in [0.2, 0.25) is 5.88 Å². The average Bonchev–Trinajstić information content (AvgIpc) is 3.33. The molecule has 0 spiro atoms. The molecule has 5 rings (SSSR count). The van der Waals surface area contributed by atoms with Crippen molar-refractivity contribution in [3.05, 3.63) is 59.4 Å². The zero-order valence-corrected chi connectivity index (χ0v) is 20.4. The van der Waals surface area contributed by atoms with E-state index in [9.17, 15) is 4.79 Å². The lowest BCUT2D eigenvalue weighted by Gasteiger charge is -2.24. The van der Waals surface area contributed by atoms with Crippen molar-refractivity contribution in [1.29, 1.82) is 0 Å². The number of hydrogen-bond acceptors (Lipinski definition) is 6. The smallest absolute Gasteiger partial charge is 0.416 e. The number of ether oxygens (including phenoxy) is 2. The van der Waals surface area contributed by atoms with Crippen LogP contribution in [0.4, 0.5) is 15.0 Å². The van der Waals surface area contributed by atoms with Gasteiger partial charge >= 0.3 is 6.09 Å². The Kier molecular flexibility index (Phi) is 5.59. The van der Waals surface area contributed by atoms with E-state index in [2.05, 4.69) is 15.0 Å². The fraction of sp³-hybridized carbons (Fsp3) is 0.280. The number of halogens is 2. The predicted octanol–water partition coefficient (Wildman–Crippen LogP) is 6.14. The molecule has 180 valence electrons. The van der Waals surface area contributed by atoms with Gasteiger partial charge in [0.05, 0.1) is 5.39 Å². The molecule has 4 heterocycles. The Morgan fingerprint density at radius 1 is 1.14 bits per heavy atom. The molecular weight excluding hydrogens is 473 g/mol. The third-order valence-corrected chi connectivity index (χ3v) is 5.77. The fourth-order valence-corrected chi connectivity index (χ4v) is 4.34. The van der Waals surface area contributed by atoms with E-state index in [0.717, 1.165) is 5.69 Å². The summed E-state index contributed by atoms with van der Waals surface area (Å²) in [6.07, 6.45) is 0.861. The SMILES string of the molecule is Cc1cccc(Oc2ccc(-c3c4n(c5ncnc(Cl)c35)CCN4C(=O)OC(C)(C)C)cc2F)n1. The van der Waals surface area contributed by atoms with Crippen LogP contribution in [0.5, 0.6) is 11.6 Å². The lowest BCUT2D eigenvalue weighted by molar-refractivity contribution is 0.0584. The number of rotatable bonds is 3. The summed E-state index contributed by atoms with van der Waals surface area (Å²) in [6, 6.07) is 9.84. The minimum Gasteiger partial charge on any atom is -0.443 e. The minimum atomic E-state index is -0.678. The summed E-state index contributed by atoms with van der Waals surface area (Å²) in [5, 5.41) is 0.742. The first-order valence-electron chi connectivity index (χ1n) is 11.1. The molecule has 3 aromatic heterocycles. The third-order valence-electron chi connectivity index (χ3n) is 5.48. The van der Waals surface area contributed by atoms with Crippen LogP contribution in [0.2, 0.25) is 5.15 Å². The molecule has 1 aliphatic rings. The Morgan fingerprint density at radius 3 is 2.66 bits per heavy atom. The van der Waals surface area contributed by atoms with Gasteiger partial charge in [0.25, 0.3) is 0 Å². The van der Waals surface area contributed by atoms with Crippen molar-refractivity contribution in [1.82, 2.24) is 19.5 Å². The number of nitrogens with zero attached hydrogens (tertiary/aromatic N) is 5. The molecule has 1 amide bonds. The van der Waals surface area contributed by atoms with Crippen LogP contribution >= 0.6 is 11.6 Å². The Labute approximate surface area is 206 Å². The van der Waals surface area contributed by atoms with Crippen LogP contribution in [-0.4, -0.2) is 37.8 Å². The second-order valence-electron chi connectivity index (χ2n) is 9.21. The molecule has 0 fully saturated rings. The molecule has 0 unspecified atom stereocenters. The molecule has 0 saturated carbocycles. The van der Waals surface area contributed by atoms with E-state index in [4.69, 9.17) is 21.1 Å². The number of carbonyl (C=O) groups is 1. The number of pyridine rings is 1. The molecule has 0 N–H and O–H groups in total. The van der Waals surface area contributed by atoms with Gasteiger partial charge in [-0.1, -0.05) is 23.7 Å². The number of aryl methyl sites for hydroxylation is 1. The van der Waals surface area contributed by atoms with Gasteiger partial charge in [0.1, 0.15) is 28.5 Å². The quantitative estimate of drug-likeness (QED) is 0.317. The highest BCUT2D eigenvalue weighted by atomic mass is 35.5. The Hall–Kier alpha value is -3.72. The first-order chi connectivity index (χ1) is 16.6. The van der Waals surface area contributed by atoms with Crippen molar-refractivity contribution >= 4 is 34.5 Å². The van der Waals surface area contributed by atoms with Gasteiger partial charge in [0, 0.05) is 30.4 Å². The zero-order chi connectivity index (χ0) is 24.9. The van der Waals surface area contributed by atoms with Gasteiger partial charge in [0.15, 0.2) is 11.6 Å². The van der Waals surface area contributed by atoms with Gasteiger partial charge < -0.3 is 14.0 Å². The van der Waals surface area contributed by atoms with Gasteiger partial charge in [-0.05, 0) is 51.5 Å². The lowest BCUT2D eigenvalue weighted by Crippen LogP contribution is -2.35. The molecule has 8 nitrogen and oxygen atoms in total. The monoisotopic (exact) mass is 495 g/mol. The molecule has 35 heavy (non-hydrogen) atoms. The van der Waals surface area contributed by atoms with Crippen LogP contribution in [0.25, 0.3) is 22.2 Å². The maximum absolute atomic E-state index is 15.2. The summed E-state index contributed by atoms with van der Waals surface area (Å²) < 4.78 is 28.4. The van der Waals surface area contributed by atoms with E-state index < -0.39 is 17.5 Å². The second kappa shape index (κ2) is 8.49. The standard InChI is InChI=1S/C25H23ClFN5O3/c1-14-6-5-7-18(30-14)34-17-9-8-15(12-16(17)27)19-20-21(26)28-13-29-22(20)31-10-11-32(23(19)31)24(33)35-25(2,3)4/h5-9,12-13H,10-11H2,1-4H3. The van der Waals surface area contributed by atoms with Crippen molar-refractivity contribution in [3.8, 4) is 22.8 Å². The van der Waals surface area contributed by atoms with E-state index >= 15 is 4.39 Å². The first kappa shape index (κ1) is 23.0. The highest BCUT2D eigenvalue weighted by Gasteiger charge is 2.36. The number of anilines is 1. The van der Waals surface area contributed by atoms with Crippen LogP contribution in [0, 0.1) is 12.7 Å². The van der Waals surface area contributed by atoms with Crippen LogP contribution < -0.4 is 9.64 Å². The summed E-state index contributed by atoms with van der Waals surface area (Å²) in [5.74, 6) is 0.261. The van der Waals surface area contributed by atoms with E-state index in [1.807, 2.05) is 17.6 Å². The van der Waals surface area contributed by atoms with Crippen LogP contribution in [0.15, 0.2) is 42.7 Å². The minimum absolute atomic E-state index is 0.0263. The van der Waals surface area contributed by atoms with Gasteiger partial charge in [-0.2, -0.15) is 0 Å². The third kappa shape index (κ3) is 4.27. The second-order valence-corrected chi connectivity index (χ2v) is 9.57. The van der Waals surface area contributed by atoms with Crippen molar-refractivity contribution in [2.24, 2.45) is 0 Å². The van der Waals surface area contributed by atoms with E-state index in [-0.39, 0.29) is 10.9 Å². The topological polar surface area (TPSA) is 82.4 Å². The van der Waals surface area contributed by atoms with Gasteiger partial charge in [-0.3, -0.25) is 4.90 Å². The number of carbonyl (C=O) groups excluding carboxylic acids is 1. The molecule has 10 heteroatoms. The summed E-state index contributed by atoms with van der Waals surface area (Å²) in [4.78, 5) is 27.3. The lowest BCUT2D eigenvalue weighted by atomic mass is 10.0. The van der Waals surface area contributed by atoms with Crippen molar-refractivity contribution in [2.75, 3.05) is 11.4 Å². The summed E-state index contributed by atoms with van der Waals surface area (Å²) in [5.41, 5.74) is 1.69. The molecule has 1 aromatic carbocycles. The molecule has 0 aliphatic carbocycles. The van der Waals surface area contributed by atoms with Crippen LogP contribution in [0.3, 0.4) is 0 Å². The summed E-state index contributed by atoms with van der Waals surface area (Å²) in [6.45, 7) is 8.11. The largest absolute Gasteiger partial charge is 0.443 e. The molecule has 0 atom stereocenters. The maximum atomic E-state index is 15.2. The predicted molar refractivity (Wildman–Crippen MR) is 131 cm³/mol. The van der Waals surface area contributed by atoms with Crippen LogP contribution in [-0.2, 0) is 11.3 Å².